The number of hydrogen-bond donors (Lipinski definition) is 1. The number of fused-ring (bicyclic) bond motifs is 1. The van der Waals surface area contributed by atoms with Crippen molar-refractivity contribution in [3.63, 3.8) is 0 Å². The van der Waals surface area contributed by atoms with Crippen molar-refractivity contribution in [1.29, 1.82) is 0 Å². The van der Waals surface area contributed by atoms with Crippen LogP contribution in [0.2, 0.25) is 0 Å². The molecule has 0 fully saturated rings. The zero-order valence-electron chi connectivity index (χ0n) is 11.5. The molecular weight excluding hydrogens is 290 g/mol. The number of carboxylic acids is 1. The fraction of sp³-hybridized carbons (Fsp3) is 0.214. The third-order valence-corrected chi connectivity index (χ3v) is 4.04. The lowest BCUT2D eigenvalue weighted by Gasteiger charge is -1.98. The summed E-state index contributed by atoms with van der Waals surface area (Å²) >= 11 is 1.11. The summed E-state index contributed by atoms with van der Waals surface area (Å²) in [4.78, 5) is 15.7. The van der Waals surface area contributed by atoms with Gasteiger partial charge in [-0.15, -0.1) is 11.3 Å². The summed E-state index contributed by atoms with van der Waals surface area (Å²) < 4.78 is 7.08. The maximum Gasteiger partial charge on any atom is 0.351 e. The molecule has 3 heterocycles. The van der Waals surface area contributed by atoms with Crippen LogP contribution in [0.1, 0.15) is 22.3 Å². The van der Waals surface area contributed by atoms with E-state index >= 15 is 0 Å². The zero-order chi connectivity index (χ0) is 15.0. The monoisotopic (exact) mass is 303 g/mol. The van der Waals surface area contributed by atoms with Crippen LogP contribution in [-0.4, -0.2) is 32.3 Å². The van der Waals surface area contributed by atoms with Gasteiger partial charge in [0, 0.05) is 6.20 Å². The number of thiazole rings is 1. The van der Waals surface area contributed by atoms with Crippen LogP contribution in [0.5, 0.6) is 5.88 Å². The molecule has 3 aromatic heterocycles. The molecule has 0 saturated heterocycles. The van der Waals surface area contributed by atoms with Crippen LogP contribution >= 0.6 is 11.3 Å². The third kappa shape index (κ3) is 2.25. The van der Waals surface area contributed by atoms with Gasteiger partial charge in [-0.2, -0.15) is 5.10 Å². The smallest absolute Gasteiger partial charge is 0.351 e. The van der Waals surface area contributed by atoms with Gasteiger partial charge in [0.2, 0.25) is 5.88 Å². The van der Waals surface area contributed by atoms with E-state index in [1.54, 1.807) is 11.4 Å². The highest BCUT2D eigenvalue weighted by atomic mass is 32.1. The van der Waals surface area contributed by atoms with Crippen LogP contribution in [0, 0.1) is 6.92 Å². The second-order valence-electron chi connectivity index (χ2n) is 4.38. The number of rotatable bonds is 4. The van der Waals surface area contributed by atoms with Crippen LogP contribution in [0.25, 0.3) is 16.1 Å². The Labute approximate surface area is 124 Å². The number of nitrogens with zero attached hydrogens (tertiary/aromatic N) is 3. The standard InChI is InChI=1S/C14H13N3O3S/c1-3-20-12-11(14(18)19)21-13(15-12)10-8(2)16-17-7-5-4-6-9(10)17/h4-7H,3H2,1-2H3,(H,18,19). The zero-order valence-corrected chi connectivity index (χ0v) is 12.3. The Morgan fingerprint density at radius 3 is 3.00 bits per heavy atom. The third-order valence-electron chi connectivity index (χ3n) is 3.00. The van der Waals surface area contributed by atoms with Gasteiger partial charge >= 0.3 is 5.97 Å². The molecule has 0 bridgehead atoms. The molecule has 0 radical (unpaired) electrons. The molecule has 0 spiro atoms. The van der Waals surface area contributed by atoms with E-state index in [2.05, 4.69) is 10.1 Å². The largest absolute Gasteiger partial charge is 0.477 e. The second kappa shape index (κ2) is 5.17. The summed E-state index contributed by atoms with van der Waals surface area (Å²) in [7, 11) is 0. The van der Waals surface area contributed by atoms with Gasteiger partial charge < -0.3 is 9.84 Å². The van der Waals surface area contributed by atoms with Gasteiger partial charge in [0.25, 0.3) is 0 Å². The number of ether oxygens (including phenoxy) is 1. The molecule has 1 N–H and O–H groups in total. The molecule has 0 aliphatic carbocycles. The van der Waals surface area contributed by atoms with Gasteiger partial charge in [0.05, 0.1) is 23.4 Å². The molecule has 0 aromatic carbocycles. The maximum atomic E-state index is 11.3. The molecule has 21 heavy (non-hydrogen) atoms. The van der Waals surface area contributed by atoms with Crippen molar-refractivity contribution in [3.8, 4) is 16.5 Å². The van der Waals surface area contributed by atoms with Crippen LogP contribution < -0.4 is 4.74 Å². The lowest BCUT2D eigenvalue weighted by Crippen LogP contribution is -1.99. The van der Waals surface area contributed by atoms with E-state index in [1.165, 1.54) is 0 Å². The highest BCUT2D eigenvalue weighted by molar-refractivity contribution is 7.17. The number of carboxylic acid groups (broad SMARTS) is 1. The summed E-state index contributed by atoms with van der Waals surface area (Å²) in [6, 6.07) is 5.73. The normalized spacial score (nSPS) is 11.0. The molecule has 108 valence electrons. The number of carbonyl (C=O) groups is 1. The highest BCUT2D eigenvalue weighted by Crippen LogP contribution is 2.36. The molecule has 3 aromatic rings. The van der Waals surface area contributed by atoms with E-state index in [4.69, 9.17) is 4.74 Å². The molecule has 0 unspecified atom stereocenters. The fourth-order valence-electron chi connectivity index (χ4n) is 2.16. The van der Waals surface area contributed by atoms with E-state index in [1.807, 2.05) is 31.3 Å². The number of aryl methyl sites for hydroxylation is 1. The van der Waals surface area contributed by atoms with E-state index in [0.717, 1.165) is 28.1 Å². The molecule has 0 saturated carbocycles. The average molecular weight is 303 g/mol. The molecule has 0 aliphatic rings. The Balaban J connectivity index is 2.21. The van der Waals surface area contributed by atoms with E-state index < -0.39 is 5.97 Å². The molecule has 3 rings (SSSR count). The van der Waals surface area contributed by atoms with Crippen molar-refractivity contribution in [1.82, 2.24) is 14.6 Å². The van der Waals surface area contributed by atoms with Crippen LogP contribution in [-0.2, 0) is 0 Å². The number of hydrogen-bond acceptors (Lipinski definition) is 5. The minimum atomic E-state index is -1.03. The number of pyridine rings is 1. The lowest BCUT2D eigenvalue weighted by molar-refractivity contribution is 0.0697. The van der Waals surface area contributed by atoms with Gasteiger partial charge in [0.15, 0.2) is 4.88 Å². The van der Waals surface area contributed by atoms with Crippen molar-refractivity contribution < 1.29 is 14.6 Å². The van der Waals surface area contributed by atoms with Gasteiger partial charge in [0.1, 0.15) is 5.01 Å². The van der Waals surface area contributed by atoms with Crippen molar-refractivity contribution in [2.24, 2.45) is 0 Å². The van der Waals surface area contributed by atoms with Crippen molar-refractivity contribution in [2.45, 2.75) is 13.8 Å². The average Bonchev–Trinajstić information content (AvgIpc) is 2.99. The van der Waals surface area contributed by atoms with Gasteiger partial charge in [-0.1, -0.05) is 6.07 Å². The summed E-state index contributed by atoms with van der Waals surface area (Å²) in [5, 5.41) is 14.3. The number of aromatic carboxylic acids is 1. The fourth-order valence-corrected chi connectivity index (χ4v) is 3.12. The first-order chi connectivity index (χ1) is 10.1. The molecule has 7 heteroatoms. The van der Waals surface area contributed by atoms with Gasteiger partial charge in [-0.3, -0.25) is 0 Å². The Bertz CT molecular complexity index is 822. The number of aromatic nitrogens is 3. The van der Waals surface area contributed by atoms with E-state index in [0.29, 0.717) is 11.6 Å². The van der Waals surface area contributed by atoms with Gasteiger partial charge in [-0.25, -0.2) is 14.3 Å². The molecule has 6 nitrogen and oxygen atoms in total. The second-order valence-corrected chi connectivity index (χ2v) is 5.38. The van der Waals surface area contributed by atoms with Crippen molar-refractivity contribution >= 4 is 22.8 Å². The van der Waals surface area contributed by atoms with Crippen LogP contribution in [0.4, 0.5) is 0 Å². The Hall–Kier alpha value is -2.41. The summed E-state index contributed by atoms with van der Waals surface area (Å²) in [5.74, 6) is -0.865. The Morgan fingerprint density at radius 1 is 1.48 bits per heavy atom. The molecule has 0 amide bonds. The van der Waals surface area contributed by atoms with Crippen LogP contribution in [0.3, 0.4) is 0 Å². The lowest BCUT2D eigenvalue weighted by atomic mass is 10.2. The van der Waals surface area contributed by atoms with Crippen LogP contribution in [0.15, 0.2) is 24.4 Å². The Morgan fingerprint density at radius 2 is 2.29 bits per heavy atom. The predicted molar refractivity (Wildman–Crippen MR) is 79.2 cm³/mol. The van der Waals surface area contributed by atoms with E-state index in [9.17, 15) is 9.90 Å². The topological polar surface area (TPSA) is 76.7 Å². The summed E-state index contributed by atoms with van der Waals surface area (Å²) in [6.07, 6.45) is 1.85. The first kappa shape index (κ1) is 13.6. The summed E-state index contributed by atoms with van der Waals surface area (Å²) in [5.41, 5.74) is 2.53. The summed E-state index contributed by atoms with van der Waals surface area (Å²) in [6.45, 7) is 4.05. The molecular formula is C14H13N3O3S. The quantitative estimate of drug-likeness (QED) is 0.802. The maximum absolute atomic E-state index is 11.3. The highest BCUT2D eigenvalue weighted by Gasteiger charge is 2.22. The Kier molecular flexibility index (Phi) is 3.34. The van der Waals surface area contributed by atoms with Gasteiger partial charge in [-0.05, 0) is 26.0 Å². The molecule has 0 aliphatic heterocycles. The predicted octanol–water partition coefficient (Wildman–Crippen LogP) is 2.86. The minimum Gasteiger partial charge on any atom is -0.477 e. The first-order valence-corrected chi connectivity index (χ1v) is 7.24. The molecule has 0 atom stereocenters. The SMILES string of the molecule is CCOc1nc(-c2c(C)nn3ccccc23)sc1C(=O)O. The minimum absolute atomic E-state index is 0.113. The van der Waals surface area contributed by atoms with E-state index in [-0.39, 0.29) is 10.8 Å². The van der Waals surface area contributed by atoms with Crippen molar-refractivity contribution in [2.75, 3.05) is 6.61 Å². The van der Waals surface area contributed by atoms with Crippen molar-refractivity contribution in [3.05, 3.63) is 35.0 Å². The first-order valence-electron chi connectivity index (χ1n) is 6.43.